The fourth-order valence-electron chi connectivity index (χ4n) is 2.04. The van der Waals surface area contributed by atoms with Crippen molar-refractivity contribution in [1.82, 2.24) is 9.38 Å². The van der Waals surface area contributed by atoms with E-state index in [-0.39, 0.29) is 5.56 Å². The third-order valence-corrected chi connectivity index (χ3v) is 2.84. The van der Waals surface area contributed by atoms with Gasteiger partial charge in [0, 0.05) is 6.20 Å². The van der Waals surface area contributed by atoms with Gasteiger partial charge in [-0.2, -0.15) is 0 Å². The first-order valence-electron chi connectivity index (χ1n) is 5.56. The summed E-state index contributed by atoms with van der Waals surface area (Å²) in [4.78, 5) is 26.0. The summed E-state index contributed by atoms with van der Waals surface area (Å²) in [6, 6.07) is 14.6. The largest absolute Gasteiger partial charge is 0.332 e. The van der Waals surface area contributed by atoms with Gasteiger partial charge in [0.25, 0.3) is 5.56 Å². The van der Waals surface area contributed by atoms with Gasteiger partial charge in [-0.3, -0.25) is 14.2 Å². The van der Waals surface area contributed by atoms with E-state index in [0.29, 0.717) is 11.1 Å². The number of aromatic amines is 1. The molecule has 4 nitrogen and oxygen atoms in total. The SMILES string of the molecule is O=c1[nH]c(=O)n2ccccc2c1-c1ccccc1. The van der Waals surface area contributed by atoms with Crippen LogP contribution in [0, 0.1) is 0 Å². The van der Waals surface area contributed by atoms with Gasteiger partial charge in [-0.15, -0.1) is 0 Å². The lowest BCUT2D eigenvalue weighted by Crippen LogP contribution is -2.27. The summed E-state index contributed by atoms with van der Waals surface area (Å²) < 4.78 is 1.43. The van der Waals surface area contributed by atoms with Crippen molar-refractivity contribution in [1.29, 1.82) is 0 Å². The monoisotopic (exact) mass is 238 g/mol. The molecule has 0 fully saturated rings. The second-order valence-corrected chi connectivity index (χ2v) is 3.96. The number of hydrogen-bond acceptors (Lipinski definition) is 2. The van der Waals surface area contributed by atoms with Crippen molar-refractivity contribution in [2.45, 2.75) is 0 Å². The summed E-state index contributed by atoms with van der Waals surface area (Å²) in [5.74, 6) is 0. The maximum atomic E-state index is 12.0. The van der Waals surface area contributed by atoms with Crippen molar-refractivity contribution >= 4 is 5.52 Å². The molecule has 0 unspecified atom stereocenters. The van der Waals surface area contributed by atoms with Crippen LogP contribution < -0.4 is 11.2 Å². The summed E-state index contributed by atoms with van der Waals surface area (Å²) >= 11 is 0. The van der Waals surface area contributed by atoms with Crippen molar-refractivity contribution < 1.29 is 0 Å². The van der Waals surface area contributed by atoms with E-state index in [2.05, 4.69) is 4.98 Å². The number of fused-ring (bicyclic) bond motifs is 1. The number of benzene rings is 1. The Morgan fingerprint density at radius 1 is 0.889 bits per heavy atom. The molecule has 0 spiro atoms. The van der Waals surface area contributed by atoms with Crippen molar-refractivity contribution in [3.05, 3.63) is 75.6 Å². The number of pyridine rings is 1. The lowest BCUT2D eigenvalue weighted by Gasteiger charge is -2.06. The van der Waals surface area contributed by atoms with Gasteiger partial charge >= 0.3 is 5.69 Å². The first kappa shape index (κ1) is 10.5. The van der Waals surface area contributed by atoms with E-state index in [1.165, 1.54) is 4.40 Å². The molecule has 0 aliphatic rings. The molecule has 0 aliphatic carbocycles. The first-order chi connectivity index (χ1) is 8.77. The Hall–Kier alpha value is -2.62. The smallest absolute Gasteiger partial charge is 0.273 e. The number of nitrogens with zero attached hydrogens (tertiary/aromatic N) is 1. The standard InChI is InChI=1S/C14H10N2O2/c17-13-12(10-6-2-1-3-7-10)11-8-4-5-9-16(11)14(18)15-13/h1-9H,(H,15,17,18). The molecule has 0 atom stereocenters. The third kappa shape index (κ3) is 1.55. The van der Waals surface area contributed by atoms with Crippen LogP contribution in [0.1, 0.15) is 0 Å². The Morgan fingerprint density at radius 2 is 1.61 bits per heavy atom. The zero-order valence-electron chi connectivity index (χ0n) is 9.46. The number of hydrogen-bond donors (Lipinski definition) is 1. The second-order valence-electron chi connectivity index (χ2n) is 3.96. The molecule has 1 aromatic carbocycles. The van der Waals surface area contributed by atoms with Crippen LogP contribution in [0.3, 0.4) is 0 Å². The van der Waals surface area contributed by atoms with Gasteiger partial charge in [0.05, 0.1) is 11.1 Å². The highest BCUT2D eigenvalue weighted by Crippen LogP contribution is 2.18. The highest BCUT2D eigenvalue weighted by Gasteiger charge is 2.09. The molecule has 0 bridgehead atoms. The van der Waals surface area contributed by atoms with Crippen LogP contribution in [-0.4, -0.2) is 9.38 Å². The van der Waals surface area contributed by atoms with Gasteiger partial charge in [-0.05, 0) is 17.7 Å². The van der Waals surface area contributed by atoms with Crippen LogP contribution in [0.2, 0.25) is 0 Å². The molecule has 0 radical (unpaired) electrons. The molecular weight excluding hydrogens is 228 g/mol. The molecule has 3 rings (SSSR count). The molecular formula is C14H10N2O2. The highest BCUT2D eigenvalue weighted by molar-refractivity contribution is 5.78. The molecule has 2 aromatic heterocycles. The maximum Gasteiger partial charge on any atom is 0.332 e. The number of rotatable bonds is 1. The van der Waals surface area contributed by atoms with Crippen LogP contribution in [-0.2, 0) is 0 Å². The van der Waals surface area contributed by atoms with E-state index in [4.69, 9.17) is 0 Å². The summed E-state index contributed by atoms with van der Waals surface area (Å²) in [5.41, 5.74) is 1.13. The molecule has 18 heavy (non-hydrogen) atoms. The van der Waals surface area contributed by atoms with E-state index in [1.54, 1.807) is 24.4 Å². The Morgan fingerprint density at radius 3 is 2.39 bits per heavy atom. The molecule has 1 N–H and O–H groups in total. The third-order valence-electron chi connectivity index (χ3n) is 2.84. The average molecular weight is 238 g/mol. The van der Waals surface area contributed by atoms with Gasteiger partial charge in [-0.25, -0.2) is 4.79 Å². The summed E-state index contributed by atoms with van der Waals surface area (Å²) in [6.07, 6.45) is 1.64. The minimum atomic E-state index is -0.421. The lowest BCUT2D eigenvalue weighted by atomic mass is 10.1. The Kier molecular flexibility index (Phi) is 2.34. The van der Waals surface area contributed by atoms with Gasteiger partial charge in [-0.1, -0.05) is 36.4 Å². The van der Waals surface area contributed by atoms with Gasteiger partial charge in [0.1, 0.15) is 0 Å². The molecule has 0 aliphatic heterocycles. The van der Waals surface area contributed by atoms with E-state index in [0.717, 1.165) is 5.56 Å². The Balaban J connectivity index is 2.50. The highest BCUT2D eigenvalue weighted by atomic mass is 16.2. The predicted molar refractivity (Wildman–Crippen MR) is 69.7 cm³/mol. The van der Waals surface area contributed by atoms with Crippen molar-refractivity contribution in [2.75, 3.05) is 0 Å². The van der Waals surface area contributed by atoms with Gasteiger partial charge in [0.15, 0.2) is 0 Å². The van der Waals surface area contributed by atoms with Crippen LogP contribution in [0.5, 0.6) is 0 Å². The molecule has 0 saturated heterocycles. The van der Waals surface area contributed by atoms with Crippen LogP contribution in [0.25, 0.3) is 16.6 Å². The maximum absolute atomic E-state index is 12.0. The van der Waals surface area contributed by atoms with E-state index < -0.39 is 5.69 Å². The van der Waals surface area contributed by atoms with Crippen LogP contribution >= 0.6 is 0 Å². The predicted octanol–water partition coefficient (Wildman–Crippen LogP) is 1.65. The number of nitrogens with one attached hydrogen (secondary N) is 1. The van der Waals surface area contributed by atoms with Crippen molar-refractivity contribution in [3.63, 3.8) is 0 Å². The Bertz CT molecular complexity index is 816. The van der Waals surface area contributed by atoms with Crippen molar-refractivity contribution in [2.24, 2.45) is 0 Å². The molecule has 0 amide bonds. The number of H-pyrrole nitrogens is 1. The molecule has 4 heteroatoms. The van der Waals surface area contributed by atoms with Crippen molar-refractivity contribution in [3.8, 4) is 11.1 Å². The van der Waals surface area contributed by atoms with E-state index >= 15 is 0 Å². The first-order valence-corrected chi connectivity index (χ1v) is 5.56. The topological polar surface area (TPSA) is 54.3 Å². The van der Waals surface area contributed by atoms with E-state index in [9.17, 15) is 9.59 Å². The zero-order chi connectivity index (χ0) is 12.5. The Labute approximate surface area is 102 Å². The van der Waals surface area contributed by atoms with Gasteiger partial charge in [0.2, 0.25) is 0 Å². The fourth-order valence-corrected chi connectivity index (χ4v) is 2.04. The van der Waals surface area contributed by atoms with Crippen LogP contribution in [0.15, 0.2) is 64.3 Å². The fraction of sp³-hybridized carbons (Fsp3) is 0. The number of aromatic nitrogens is 2. The summed E-state index contributed by atoms with van der Waals surface area (Å²) in [6.45, 7) is 0. The molecule has 3 aromatic rings. The molecule has 0 saturated carbocycles. The average Bonchev–Trinajstić information content (AvgIpc) is 2.40. The lowest BCUT2D eigenvalue weighted by molar-refractivity contribution is 0.972. The minimum Gasteiger partial charge on any atom is -0.273 e. The molecule has 88 valence electrons. The zero-order valence-corrected chi connectivity index (χ0v) is 9.46. The van der Waals surface area contributed by atoms with Gasteiger partial charge < -0.3 is 0 Å². The summed E-state index contributed by atoms with van der Waals surface area (Å²) in [5, 5.41) is 0. The van der Waals surface area contributed by atoms with Crippen LogP contribution in [0.4, 0.5) is 0 Å². The quantitative estimate of drug-likeness (QED) is 0.701. The second kappa shape index (κ2) is 4.00. The minimum absolute atomic E-state index is 0.364. The summed E-state index contributed by atoms with van der Waals surface area (Å²) in [7, 11) is 0. The molecule has 2 heterocycles. The normalized spacial score (nSPS) is 10.7. The van der Waals surface area contributed by atoms with E-state index in [1.807, 2.05) is 30.3 Å².